The van der Waals surface area contributed by atoms with Gasteiger partial charge in [-0.25, -0.2) is 4.98 Å². The number of aromatic nitrogens is 2. The lowest BCUT2D eigenvalue weighted by Crippen LogP contribution is -2.15. The lowest BCUT2D eigenvalue weighted by Gasteiger charge is -2.33. The molecule has 0 saturated heterocycles. The molecule has 0 fully saturated rings. The van der Waals surface area contributed by atoms with Crippen molar-refractivity contribution in [1.82, 2.24) is 9.36 Å². The Morgan fingerprint density at radius 2 is 1.29 bits per heavy atom. The number of fused-ring (bicyclic) bond motifs is 6. The minimum atomic E-state index is 0.710. The van der Waals surface area contributed by atoms with Crippen LogP contribution in [-0.2, 0) is 0 Å². The van der Waals surface area contributed by atoms with E-state index >= 15 is 0 Å². The molecule has 0 spiro atoms. The van der Waals surface area contributed by atoms with Gasteiger partial charge in [0.2, 0.25) is 0 Å². The molecular formula is C40H23N3OS. The van der Waals surface area contributed by atoms with Gasteiger partial charge < -0.3 is 9.64 Å². The van der Waals surface area contributed by atoms with Crippen LogP contribution in [0.5, 0.6) is 11.5 Å². The normalized spacial score (nSPS) is 12.6. The molecule has 0 radical (unpaired) electrons. The van der Waals surface area contributed by atoms with Crippen LogP contribution in [-0.4, -0.2) is 9.36 Å². The summed E-state index contributed by atoms with van der Waals surface area (Å²) in [5.41, 5.74) is 10.2. The third kappa shape index (κ3) is 3.65. The molecule has 0 unspecified atom stereocenters. The number of hydrogen-bond donors (Lipinski definition) is 0. The van der Waals surface area contributed by atoms with E-state index in [2.05, 4.69) is 126 Å². The Balaban J connectivity index is 1.11. The van der Waals surface area contributed by atoms with E-state index in [1.807, 2.05) is 18.2 Å². The van der Waals surface area contributed by atoms with Crippen molar-refractivity contribution in [3.8, 4) is 55.7 Å². The summed E-state index contributed by atoms with van der Waals surface area (Å²) in [5, 5.41) is 5.86. The molecule has 0 N–H and O–H groups in total. The third-order valence-corrected chi connectivity index (χ3v) is 9.71. The summed E-state index contributed by atoms with van der Waals surface area (Å²) >= 11 is 1.45. The fraction of sp³-hybridized carbons (Fsp3) is 0. The highest BCUT2D eigenvalue weighted by molar-refractivity contribution is 7.09. The summed E-state index contributed by atoms with van der Waals surface area (Å²) in [4.78, 5) is 7.42. The maximum atomic E-state index is 6.41. The molecule has 8 aromatic rings. The smallest absolute Gasteiger partial charge is 0.173 e. The van der Waals surface area contributed by atoms with Gasteiger partial charge in [0.05, 0.1) is 11.4 Å². The Kier molecular flexibility index (Phi) is 5.12. The first kappa shape index (κ1) is 24.6. The summed E-state index contributed by atoms with van der Waals surface area (Å²) in [6.45, 7) is 0. The molecule has 1 aromatic heterocycles. The van der Waals surface area contributed by atoms with Gasteiger partial charge in [-0.15, -0.1) is 0 Å². The highest BCUT2D eigenvalue weighted by atomic mass is 32.1. The molecule has 1 aliphatic carbocycles. The van der Waals surface area contributed by atoms with Crippen LogP contribution in [0.1, 0.15) is 0 Å². The van der Waals surface area contributed by atoms with Gasteiger partial charge in [0, 0.05) is 22.4 Å². The first-order valence-corrected chi connectivity index (χ1v) is 15.8. The van der Waals surface area contributed by atoms with Crippen LogP contribution in [0.4, 0.5) is 17.1 Å². The van der Waals surface area contributed by atoms with Crippen LogP contribution >= 0.6 is 11.5 Å². The molecular weight excluding hydrogens is 571 g/mol. The molecule has 2 aliphatic rings. The van der Waals surface area contributed by atoms with Crippen molar-refractivity contribution in [2.75, 3.05) is 4.90 Å². The van der Waals surface area contributed by atoms with Gasteiger partial charge in [-0.1, -0.05) is 97.1 Å². The monoisotopic (exact) mass is 593 g/mol. The lowest BCUT2D eigenvalue weighted by atomic mass is 9.98. The van der Waals surface area contributed by atoms with Crippen molar-refractivity contribution in [1.29, 1.82) is 0 Å². The molecule has 0 atom stereocenters. The summed E-state index contributed by atoms with van der Waals surface area (Å²) in [7, 11) is 0. The summed E-state index contributed by atoms with van der Waals surface area (Å²) in [5.74, 6) is 2.34. The molecule has 7 aromatic carbocycles. The number of benzene rings is 7. The summed E-state index contributed by atoms with van der Waals surface area (Å²) < 4.78 is 11.3. The minimum Gasteiger partial charge on any atom is -0.453 e. The second-order valence-corrected chi connectivity index (χ2v) is 12.2. The van der Waals surface area contributed by atoms with E-state index in [0.29, 0.717) is 5.82 Å². The predicted octanol–water partition coefficient (Wildman–Crippen LogP) is 11.4. The molecule has 0 saturated carbocycles. The minimum absolute atomic E-state index is 0.710. The van der Waals surface area contributed by atoms with Crippen molar-refractivity contribution >= 4 is 50.1 Å². The van der Waals surface area contributed by atoms with Crippen molar-refractivity contribution in [3.63, 3.8) is 0 Å². The molecule has 1 aliphatic heterocycles. The van der Waals surface area contributed by atoms with Gasteiger partial charge in [-0.05, 0) is 92.2 Å². The van der Waals surface area contributed by atoms with E-state index in [9.17, 15) is 0 Å². The van der Waals surface area contributed by atoms with E-state index < -0.39 is 0 Å². The van der Waals surface area contributed by atoms with Crippen LogP contribution in [0.15, 0.2) is 140 Å². The van der Waals surface area contributed by atoms with Crippen molar-refractivity contribution in [2.45, 2.75) is 0 Å². The number of para-hydroxylation sites is 2. The average molecular weight is 594 g/mol. The largest absolute Gasteiger partial charge is 0.453 e. The highest BCUT2D eigenvalue weighted by Crippen LogP contribution is 2.53. The molecule has 4 nitrogen and oxygen atoms in total. The van der Waals surface area contributed by atoms with Crippen molar-refractivity contribution in [2.24, 2.45) is 0 Å². The zero-order valence-electron chi connectivity index (χ0n) is 23.9. The number of hydrogen-bond acceptors (Lipinski definition) is 5. The van der Waals surface area contributed by atoms with E-state index in [1.54, 1.807) is 0 Å². The van der Waals surface area contributed by atoms with Gasteiger partial charge >= 0.3 is 0 Å². The zero-order chi connectivity index (χ0) is 29.5. The topological polar surface area (TPSA) is 38.3 Å². The molecule has 0 bridgehead atoms. The molecule has 45 heavy (non-hydrogen) atoms. The lowest BCUT2D eigenvalue weighted by molar-refractivity contribution is 0.477. The first-order chi connectivity index (χ1) is 22.3. The van der Waals surface area contributed by atoms with E-state index in [1.165, 1.54) is 55.3 Å². The SMILES string of the molecule is c1ccc2c(c1)Oc1ccc(-c3nsc(-c4ccc5cccc6c5c4-c4ccccc4-6)n3)cc1N2c1ccc2ccccc2c1. The number of ether oxygens (including phenoxy) is 1. The van der Waals surface area contributed by atoms with Crippen molar-refractivity contribution in [3.05, 3.63) is 140 Å². The average Bonchev–Trinajstić information content (AvgIpc) is 3.72. The number of nitrogens with zero attached hydrogens (tertiary/aromatic N) is 3. The molecule has 2 heterocycles. The summed E-state index contributed by atoms with van der Waals surface area (Å²) in [6.07, 6.45) is 0. The van der Waals surface area contributed by atoms with Crippen LogP contribution in [0.25, 0.3) is 65.8 Å². The standard InChI is InChI=1S/C40H23N3OS/c1-2-9-26-22-28(19-16-24(26)8-1)43-33-14-5-6-15-35(33)44-36-21-18-27(23-34(36)43)39-41-40(45-42-39)32-20-17-25-10-7-13-30-29-11-3-4-12-31(29)38(32)37(25)30/h1-23H. The van der Waals surface area contributed by atoms with Gasteiger partial charge in [0.15, 0.2) is 17.3 Å². The molecule has 210 valence electrons. The number of rotatable bonds is 3. The van der Waals surface area contributed by atoms with Crippen LogP contribution < -0.4 is 9.64 Å². The second kappa shape index (κ2) is 9.36. The van der Waals surface area contributed by atoms with Crippen LogP contribution in [0.2, 0.25) is 0 Å². The molecule has 10 rings (SSSR count). The van der Waals surface area contributed by atoms with Crippen molar-refractivity contribution < 1.29 is 4.74 Å². The zero-order valence-corrected chi connectivity index (χ0v) is 24.8. The third-order valence-electron chi connectivity index (χ3n) is 8.96. The second-order valence-electron chi connectivity index (χ2n) is 11.5. The predicted molar refractivity (Wildman–Crippen MR) is 185 cm³/mol. The fourth-order valence-electron chi connectivity index (χ4n) is 6.94. The Bertz CT molecular complexity index is 2500. The van der Waals surface area contributed by atoms with Gasteiger partial charge in [-0.2, -0.15) is 4.37 Å². The summed E-state index contributed by atoms with van der Waals surface area (Å²) in [6, 6.07) is 49.1. The Morgan fingerprint density at radius 3 is 2.24 bits per heavy atom. The van der Waals surface area contributed by atoms with Gasteiger partial charge in [-0.3, -0.25) is 0 Å². The van der Waals surface area contributed by atoms with Crippen LogP contribution in [0, 0.1) is 0 Å². The quantitative estimate of drug-likeness (QED) is 0.204. The number of anilines is 3. The highest BCUT2D eigenvalue weighted by Gasteiger charge is 2.28. The van der Waals surface area contributed by atoms with E-state index in [0.717, 1.165) is 44.7 Å². The molecule has 0 amide bonds. The van der Waals surface area contributed by atoms with E-state index in [-0.39, 0.29) is 0 Å². The maximum absolute atomic E-state index is 6.41. The maximum Gasteiger partial charge on any atom is 0.173 e. The first-order valence-electron chi connectivity index (χ1n) is 15.0. The van der Waals surface area contributed by atoms with Gasteiger partial charge in [0.1, 0.15) is 5.01 Å². The Morgan fingerprint density at radius 1 is 0.533 bits per heavy atom. The Labute approximate surface area is 263 Å². The molecule has 5 heteroatoms. The Hall–Kier alpha value is -5.78. The van der Waals surface area contributed by atoms with Crippen LogP contribution in [0.3, 0.4) is 0 Å². The van der Waals surface area contributed by atoms with Gasteiger partial charge in [0.25, 0.3) is 0 Å². The van der Waals surface area contributed by atoms with E-state index in [4.69, 9.17) is 14.1 Å². The fourth-order valence-corrected chi connectivity index (χ4v) is 7.65.